The Balaban J connectivity index is 2.23. The summed E-state index contributed by atoms with van der Waals surface area (Å²) in [5, 5.41) is 3.71. The number of rotatable bonds is 3. The zero-order valence-corrected chi connectivity index (χ0v) is 13.2. The van der Waals surface area contributed by atoms with Crippen molar-refractivity contribution >= 4 is 21.6 Å². The van der Waals surface area contributed by atoms with E-state index in [-0.39, 0.29) is 5.54 Å². The normalized spacial score (nSPS) is 19.0. The highest BCUT2D eigenvalue weighted by atomic mass is 79.9. The van der Waals surface area contributed by atoms with Gasteiger partial charge in [0.1, 0.15) is 0 Å². The van der Waals surface area contributed by atoms with E-state index in [0.29, 0.717) is 0 Å². The van der Waals surface area contributed by atoms with Crippen molar-refractivity contribution in [2.24, 2.45) is 0 Å². The molecule has 1 aromatic rings. The zero-order valence-electron chi connectivity index (χ0n) is 11.6. The monoisotopic (exact) mass is 310 g/mol. The minimum atomic E-state index is 0.289. The van der Waals surface area contributed by atoms with Gasteiger partial charge in [-0.2, -0.15) is 0 Å². The molecule has 3 heteroatoms. The Hall–Kier alpha value is -0.540. The van der Waals surface area contributed by atoms with Crippen molar-refractivity contribution in [3.05, 3.63) is 28.2 Å². The van der Waals surface area contributed by atoms with Crippen LogP contribution in [0.5, 0.6) is 0 Å². The molecule has 0 radical (unpaired) electrons. The Bertz CT molecular complexity index is 413. The topological polar surface area (TPSA) is 15.3 Å². The maximum Gasteiger partial charge on any atom is 0.0397 e. The van der Waals surface area contributed by atoms with Gasteiger partial charge in [-0.15, -0.1) is 0 Å². The van der Waals surface area contributed by atoms with E-state index in [9.17, 15) is 0 Å². The third kappa shape index (κ3) is 2.72. The fourth-order valence-corrected chi connectivity index (χ4v) is 3.33. The summed E-state index contributed by atoms with van der Waals surface area (Å²) in [6, 6.07) is 6.59. The predicted molar refractivity (Wildman–Crippen MR) is 82.4 cm³/mol. The molecule has 0 atom stereocenters. The highest BCUT2D eigenvalue weighted by Gasteiger charge is 2.32. The quantitative estimate of drug-likeness (QED) is 0.915. The van der Waals surface area contributed by atoms with E-state index in [4.69, 9.17) is 0 Å². The zero-order chi connectivity index (χ0) is 13.2. The molecule has 2 rings (SSSR count). The number of piperazine rings is 1. The van der Waals surface area contributed by atoms with Crippen molar-refractivity contribution in [1.29, 1.82) is 0 Å². The minimum Gasteiger partial charge on any atom is -0.368 e. The minimum absolute atomic E-state index is 0.289. The van der Waals surface area contributed by atoms with E-state index in [0.717, 1.165) is 24.1 Å². The number of anilines is 1. The van der Waals surface area contributed by atoms with E-state index in [1.54, 1.807) is 0 Å². The summed E-state index contributed by atoms with van der Waals surface area (Å²) >= 11 is 3.54. The molecule has 1 aromatic carbocycles. The number of halogens is 1. The van der Waals surface area contributed by atoms with Crippen molar-refractivity contribution < 1.29 is 0 Å². The second-order valence-corrected chi connectivity index (χ2v) is 6.18. The molecule has 1 aliphatic heterocycles. The standard InChI is InChI=1S/C15H23BrN2/c1-4-15(5-2)11-18(9-8-17-15)14-7-6-13(16)10-12(14)3/h6-7,10,17H,4-5,8-9,11H2,1-3H3. The van der Waals surface area contributed by atoms with Gasteiger partial charge in [0.25, 0.3) is 0 Å². The number of aryl methyl sites for hydroxylation is 1. The van der Waals surface area contributed by atoms with Crippen LogP contribution in [0.3, 0.4) is 0 Å². The Morgan fingerprint density at radius 3 is 2.67 bits per heavy atom. The van der Waals surface area contributed by atoms with Crippen LogP contribution in [0.2, 0.25) is 0 Å². The Kier molecular flexibility index (Phi) is 4.33. The molecule has 1 fully saturated rings. The molecule has 18 heavy (non-hydrogen) atoms. The lowest BCUT2D eigenvalue weighted by molar-refractivity contribution is 0.277. The van der Waals surface area contributed by atoms with Crippen LogP contribution in [0, 0.1) is 6.92 Å². The van der Waals surface area contributed by atoms with Gasteiger partial charge in [0, 0.05) is 35.3 Å². The Morgan fingerprint density at radius 1 is 1.33 bits per heavy atom. The van der Waals surface area contributed by atoms with Crippen LogP contribution in [0.1, 0.15) is 32.3 Å². The molecule has 0 spiro atoms. The first kappa shape index (κ1) is 13.9. The van der Waals surface area contributed by atoms with Gasteiger partial charge >= 0.3 is 0 Å². The summed E-state index contributed by atoms with van der Waals surface area (Å²) in [6.45, 7) is 10.1. The fourth-order valence-electron chi connectivity index (χ4n) is 2.86. The summed E-state index contributed by atoms with van der Waals surface area (Å²) in [5.74, 6) is 0. The van der Waals surface area contributed by atoms with E-state index < -0.39 is 0 Å². The van der Waals surface area contributed by atoms with Crippen LogP contribution < -0.4 is 10.2 Å². The largest absolute Gasteiger partial charge is 0.368 e. The number of benzene rings is 1. The maximum absolute atomic E-state index is 3.71. The van der Waals surface area contributed by atoms with Gasteiger partial charge in [-0.05, 0) is 43.5 Å². The summed E-state index contributed by atoms with van der Waals surface area (Å²) in [4.78, 5) is 2.53. The van der Waals surface area contributed by atoms with Crippen LogP contribution in [0.15, 0.2) is 22.7 Å². The Labute approximate surface area is 119 Å². The van der Waals surface area contributed by atoms with Crippen LogP contribution in [0.4, 0.5) is 5.69 Å². The van der Waals surface area contributed by atoms with Crippen molar-refractivity contribution in [1.82, 2.24) is 5.32 Å². The van der Waals surface area contributed by atoms with E-state index in [2.05, 4.69) is 65.1 Å². The van der Waals surface area contributed by atoms with Crippen LogP contribution in [0.25, 0.3) is 0 Å². The van der Waals surface area contributed by atoms with Gasteiger partial charge in [0.05, 0.1) is 0 Å². The van der Waals surface area contributed by atoms with E-state index in [1.807, 2.05) is 0 Å². The lowest BCUT2D eigenvalue weighted by Gasteiger charge is -2.44. The summed E-state index contributed by atoms with van der Waals surface area (Å²) in [7, 11) is 0. The van der Waals surface area contributed by atoms with Crippen molar-refractivity contribution in [2.45, 2.75) is 39.2 Å². The van der Waals surface area contributed by atoms with Crippen molar-refractivity contribution in [2.75, 3.05) is 24.5 Å². The third-order valence-corrected chi connectivity index (χ3v) is 4.72. The molecular weight excluding hydrogens is 288 g/mol. The predicted octanol–water partition coefficient (Wildman–Crippen LogP) is 3.73. The van der Waals surface area contributed by atoms with Crippen LogP contribution in [-0.2, 0) is 0 Å². The molecule has 0 saturated carbocycles. The van der Waals surface area contributed by atoms with Gasteiger partial charge in [-0.25, -0.2) is 0 Å². The molecule has 100 valence electrons. The molecule has 0 amide bonds. The smallest absolute Gasteiger partial charge is 0.0397 e. The summed E-state index contributed by atoms with van der Waals surface area (Å²) in [5.41, 5.74) is 3.02. The molecule has 0 aromatic heterocycles. The average molecular weight is 311 g/mol. The molecule has 0 unspecified atom stereocenters. The third-order valence-electron chi connectivity index (χ3n) is 4.23. The summed E-state index contributed by atoms with van der Waals surface area (Å²) < 4.78 is 1.16. The molecular formula is C15H23BrN2. The van der Waals surface area contributed by atoms with E-state index >= 15 is 0 Å². The van der Waals surface area contributed by atoms with Crippen molar-refractivity contribution in [3.63, 3.8) is 0 Å². The van der Waals surface area contributed by atoms with Gasteiger partial charge in [0.15, 0.2) is 0 Å². The molecule has 1 aliphatic rings. The lowest BCUT2D eigenvalue weighted by atomic mass is 9.90. The molecule has 1 heterocycles. The molecule has 0 aliphatic carbocycles. The second-order valence-electron chi connectivity index (χ2n) is 5.27. The number of hydrogen-bond donors (Lipinski definition) is 1. The Morgan fingerprint density at radius 2 is 2.06 bits per heavy atom. The molecule has 2 nitrogen and oxygen atoms in total. The number of hydrogen-bond acceptors (Lipinski definition) is 2. The number of nitrogens with one attached hydrogen (secondary N) is 1. The molecule has 1 saturated heterocycles. The first-order valence-corrected chi connectivity index (χ1v) is 7.65. The number of nitrogens with zero attached hydrogens (tertiary/aromatic N) is 1. The van der Waals surface area contributed by atoms with E-state index in [1.165, 1.54) is 24.1 Å². The van der Waals surface area contributed by atoms with Crippen LogP contribution in [-0.4, -0.2) is 25.2 Å². The van der Waals surface area contributed by atoms with Gasteiger partial charge < -0.3 is 10.2 Å². The second kappa shape index (κ2) is 5.62. The highest BCUT2D eigenvalue weighted by molar-refractivity contribution is 9.10. The van der Waals surface area contributed by atoms with Crippen molar-refractivity contribution in [3.8, 4) is 0 Å². The van der Waals surface area contributed by atoms with Gasteiger partial charge in [-0.1, -0.05) is 29.8 Å². The first-order chi connectivity index (χ1) is 8.60. The fraction of sp³-hybridized carbons (Fsp3) is 0.600. The lowest BCUT2D eigenvalue weighted by Crippen LogP contribution is -2.60. The highest BCUT2D eigenvalue weighted by Crippen LogP contribution is 2.28. The molecule has 0 bridgehead atoms. The average Bonchev–Trinajstić information content (AvgIpc) is 2.38. The van der Waals surface area contributed by atoms with Gasteiger partial charge in [0.2, 0.25) is 0 Å². The van der Waals surface area contributed by atoms with Gasteiger partial charge in [-0.3, -0.25) is 0 Å². The SMILES string of the molecule is CCC1(CC)CN(c2ccc(Br)cc2C)CCN1. The van der Waals surface area contributed by atoms with Crippen LogP contribution >= 0.6 is 15.9 Å². The molecule has 1 N–H and O–H groups in total. The summed E-state index contributed by atoms with van der Waals surface area (Å²) in [6.07, 6.45) is 2.38. The maximum atomic E-state index is 3.71. The first-order valence-electron chi connectivity index (χ1n) is 6.86.